The van der Waals surface area contributed by atoms with Crippen LogP contribution in [0.2, 0.25) is 0 Å². The van der Waals surface area contributed by atoms with Crippen LogP contribution in [-0.2, 0) is 24.4 Å². The van der Waals surface area contributed by atoms with Gasteiger partial charge in [-0.15, -0.1) is 0 Å². The SMILES string of the molecule is O=S(=O)([O-])CS(=O)(=O)OCC(F)(F)F. The lowest BCUT2D eigenvalue weighted by Gasteiger charge is -2.09. The third-order valence-corrected chi connectivity index (χ3v) is 3.48. The number of rotatable bonds is 4. The van der Waals surface area contributed by atoms with Crippen LogP contribution in [0.1, 0.15) is 0 Å². The van der Waals surface area contributed by atoms with E-state index in [1.165, 1.54) is 0 Å². The summed E-state index contributed by atoms with van der Waals surface area (Å²) in [6, 6.07) is 0. The van der Waals surface area contributed by atoms with Crippen molar-refractivity contribution in [3.63, 3.8) is 0 Å². The van der Waals surface area contributed by atoms with Crippen LogP contribution < -0.4 is 0 Å². The number of hydrogen-bond acceptors (Lipinski definition) is 6. The Labute approximate surface area is 77.5 Å². The highest BCUT2D eigenvalue weighted by Crippen LogP contribution is 2.16. The Morgan fingerprint density at radius 1 is 1.14 bits per heavy atom. The molecule has 0 aliphatic rings. The number of alkyl halides is 3. The normalized spacial score (nSPS) is 14.3. The van der Waals surface area contributed by atoms with Crippen molar-refractivity contribution in [3.8, 4) is 0 Å². The van der Waals surface area contributed by atoms with E-state index in [9.17, 15) is 34.6 Å². The largest absolute Gasteiger partial charge is 0.747 e. The van der Waals surface area contributed by atoms with Gasteiger partial charge in [0.2, 0.25) is 0 Å². The van der Waals surface area contributed by atoms with Crippen LogP contribution in [-0.4, -0.2) is 39.3 Å². The average molecular weight is 257 g/mol. The zero-order valence-electron chi connectivity index (χ0n) is 6.31. The smallest absolute Gasteiger partial charge is 0.413 e. The summed E-state index contributed by atoms with van der Waals surface area (Å²) in [5.41, 5.74) is 0. The molecule has 0 bridgehead atoms. The van der Waals surface area contributed by atoms with Crippen molar-refractivity contribution in [2.75, 3.05) is 11.7 Å². The van der Waals surface area contributed by atoms with Gasteiger partial charge < -0.3 is 4.55 Å². The van der Waals surface area contributed by atoms with Crippen molar-refractivity contribution in [3.05, 3.63) is 0 Å². The van der Waals surface area contributed by atoms with E-state index in [0.717, 1.165) is 0 Å². The summed E-state index contributed by atoms with van der Waals surface area (Å²) in [5, 5.41) is -2.02. The lowest BCUT2D eigenvalue weighted by Crippen LogP contribution is -2.24. The third-order valence-electron chi connectivity index (χ3n) is 0.691. The fourth-order valence-corrected chi connectivity index (χ4v) is 2.37. The van der Waals surface area contributed by atoms with E-state index < -0.39 is 38.1 Å². The minimum atomic E-state index is -5.18. The number of halogens is 3. The zero-order chi connectivity index (χ0) is 11.6. The van der Waals surface area contributed by atoms with Gasteiger partial charge in [-0.2, -0.15) is 21.6 Å². The molecule has 0 saturated heterocycles. The molecule has 0 aromatic carbocycles. The first kappa shape index (κ1) is 13.6. The maximum absolute atomic E-state index is 11.4. The summed E-state index contributed by atoms with van der Waals surface area (Å²) in [4.78, 5) is 0. The highest BCUT2D eigenvalue weighted by atomic mass is 32.3. The van der Waals surface area contributed by atoms with E-state index in [4.69, 9.17) is 0 Å². The predicted molar refractivity (Wildman–Crippen MR) is 35.5 cm³/mol. The van der Waals surface area contributed by atoms with Crippen LogP contribution in [0.25, 0.3) is 0 Å². The van der Waals surface area contributed by atoms with Gasteiger partial charge >= 0.3 is 6.18 Å². The molecule has 14 heavy (non-hydrogen) atoms. The van der Waals surface area contributed by atoms with Gasteiger partial charge in [0.25, 0.3) is 10.1 Å². The fraction of sp³-hybridized carbons (Fsp3) is 1.00. The summed E-state index contributed by atoms with van der Waals surface area (Å²) < 4.78 is 87.9. The van der Waals surface area contributed by atoms with E-state index in [1.807, 2.05) is 0 Å². The Kier molecular flexibility index (Phi) is 3.89. The molecular formula is C3H4F3O6S2-. The molecule has 86 valence electrons. The van der Waals surface area contributed by atoms with Gasteiger partial charge in [0.15, 0.2) is 11.7 Å². The monoisotopic (exact) mass is 257 g/mol. The second kappa shape index (κ2) is 4.00. The highest BCUT2D eigenvalue weighted by Gasteiger charge is 2.31. The average Bonchev–Trinajstić information content (AvgIpc) is 1.76. The molecule has 0 aromatic rings. The molecule has 0 unspecified atom stereocenters. The van der Waals surface area contributed by atoms with Gasteiger partial charge in [-0.05, 0) is 0 Å². The molecule has 0 spiro atoms. The molecule has 0 aliphatic carbocycles. The molecule has 0 N–H and O–H groups in total. The molecule has 0 atom stereocenters. The van der Waals surface area contributed by atoms with E-state index in [2.05, 4.69) is 4.18 Å². The van der Waals surface area contributed by atoms with Gasteiger partial charge in [0, 0.05) is 0 Å². The van der Waals surface area contributed by atoms with Crippen LogP contribution in [0.5, 0.6) is 0 Å². The summed E-state index contributed by atoms with van der Waals surface area (Å²) >= 11 is 0. The number of hydrogen-bond donors (Lipinski definition) is 0. The van der Waals surface area contributed by atoms with Crippen LogP contribution >= 0.6 is 0 Å². The molecule has 0 rings (SSSR count). The van der Waals surface area contributed by atoms with Crippen LogP contribution in [0, 0.1) is 0 Å². The molecule has 0 radical (unpaired) electrons. The summed E-state index contributed by atoms with van der Waals surface area (Å²) in [5.74, 6) is 0. The minimum absolute atomic E-state index is 2.02. The van der Waals surface area contributed by atoms with Gasteiger partial charge in [-0.1, -0.05) is 0 Å². The first-order valence-electron chi connectivity index (χ1n) is 2.79. The lowest BCUT2D eigenvalue weighted by atomic mass is 10.7. The molecular weight excluding hydrogens is 253 g/mol. The molecule has 0 amide bonds. The van der Waals surface area contributed by atoms with Crippen LogP contribution in [0.3, 0.4) is 0 Å². The first-order valence-corrected chi connectivity index (χ1v) is 5.94. The van der Waals surface area contributed by atoms with Crippen LogP contribution in [0.15, 0.2) is 0 Å². The van der Waals surface area contributed by atoms with Crippen molar-refractivity contribution in [2.45, 2.75) is 6.18 Å². The Bertz CT molecular complexity index is 377. The first-order chi connectivity index (χ1) is 5.91. The lowest BCUT2D eigenvalue weighted by molar-refractivity contribution is -0.152. The molecule has 11 heteroatoms. The van der Waals surface area contributed by atoms with E-state index in [0.29, 0.717) is 0 Å². The quantitative estimate of drug-likeness (QED) is 0.492. The maximum atomic E-state index is 11.4. The maximum Gasteiger partial charge on any atom is 0.413 e. The molecule has 0 aromatic heterocycles. The Morgan fingerprint density at radius 3 is 1.86 bits per heavy atom. The minimum Gasteiger partial charge on any atom is -0.747 e. The van der Waals surface area contributed by atoms with E-state index in [-0.39, 0.29) is 0 Å². The fourth-order valence-electron chi connectivity index (χ4n) is 0.367. The Morgan fingerprint density at radius 2 is 1.57 bits per heavy atom. The van der Waals surface area contributed by atoms with Crippen molar-refractivity contribution < 1.29 is 38.7 Å². The second-order valence-electron chi connectivity index (χ2n) is 2.11. The predicted octanol–water partition coefficient (Wildman–Crippen LogP) is -0.602. The zero-order valence-corrected chi connectivity index (χ0v) is 7.95. The third kappa shape index (κ3) is 8.22. The Hall–Kier alpha value is -0.390. The molecule has 0 saturated carbocycles. The van der Waals surface area contributed by atoms with Crippen molar-refractivity contribution in [1.29, 1.82) is 0 Å². The molecule has 0 fully saturated rings. The van der Waals surface area contributed by atoms with E-state index >= 15 is 0 Å². The summed E-state index contributed by atoms with van der Waals surface area (Å²) in [7, 11) is -10.2. The molecule has 0 heterocycles. The summed E-state index contributed by atoms with van der Waals surface area (Å²) in [6.07, 6.45) is -4.92. The van der Waals surface area contributed by atoms with Crippen LogP contribution in [0.4, 0.5) is 13.2 Å². The molecule has 0 aliphatic heterocycles. The van der Waals surface area contributed by atoms with Crippen molar-refractivity contribution in [2.24, 2.45) is 0 Å². The van der Waals surface area contributed by atoms with Crippen molar-refractivity contribution in [1.82, 2.24) is 0 Å². The Balaban J connectivity index is 4.40. The van der Waals surface area contributed by atoms with Gasteiger partial charge in [-0.25, -0.2) is 8.42 Å². The topological polar surface area (TPSA) is 101 Å². The second-order valence-corrected chi connectivity index (χ2v) is 5.52. The van der Waals surface area contributed by atoms with Gasteiger partial charge in [0.1, 0.15) is 10.1 Å². The molecule has 6 nitrogen and oxygen atoms in total. The highest BCUT2D eigenvalue weighted by molar-refractivity contribution is 8.03. The van der Waals surface area contributed by atoms with E-state index in [1.54, 1.807) is 0 Å². The summed E-state index contributed by atoms with van der Waals surface area (Å²) in [6.45, 7) is -2.16. The van der Waals surface area contributed by atoms with Gasteiger partial charge in [-0.3, -0.25) is 4.18 Å². The van der Waals surface area contributed by atoms with Gasteiger partial charge in [0.05, 0.1) is 0 Å². The van der Waals surface area contributed by atoms with Crippen molar-refractivity contribution >= 4 is 20.2 Å². The standard InChI is InChI=1S/C3H5F3O6S2/c4-3(5,6)1-12-14(10,11)2-13(7,8)9/h1-2H2,(H,7,8,9)/p-1.